The van der Waals surface area contributed by atoms with Gasteiger partial charge in [0, 0.05) is 30.6 Å². The van der Waals surface area contributed by atoms with Crippen molar-refractivity contribution in [3.63, 3.8) is 0 Å². The molecule has 0 saturated carbocycles. The van der Waals surface area contributed by atoms with Gasteiger partial charge in [0.2, 0.25) is 11.8 Å². The number of piperidine rings is 1. The highest BCUT2D eigenvalue weighted by molar-refractivity contribution is 6.06. The molecule has 1 atom stereocenters. The van der Waals surface area contributed by atoms with E-state index in [9.17, 15) is 19.2 Å². The third-order valence-electron chi connectivity index (χ3n) is 4.12. The van der Waals surface area contributed by atoms with Crippen molar-refractivity contribution >= 4 is 23.6 Å². The zero-order valence-electron chi connectivity index (χ0n) is 12.7. The van der Waals surface area contributed by atoms with Crippen LogP contribution >= 0.6 is 0 Å². The number of nitrogens with one attached hydrogen (secondary N) is 2. The summed E-state index contributed by atoms with van der Waals surface area (Å²) in [5.74, 6) is -1.18. The number of carbonyl (C=O) groups is 4. The number of benzene rings is 1. The van der Waals surface area contributed by atoms with Gasteiger partial charge in [-0.2, -0.15) is 0 Å². The predicted octanol–water partition coefficient (Wildman–Crippen LogP) is 0.197. The molecule has 3 rings (SSSR count). The fourth-order valence-electron chi connectivity index (χ4n) is 2.98. The van der Waals surface area contributed by atoms with E-state index >= 15 is 0 Å². The molecular formula is C16H17N3O4. The highest BCUT2D eigenvalue weighted by Gasteiger charge is 2.39. The molecule has 1 unspecified atom stereocenters. The van der Waals surface area contributed by atoms with Crippen LogP contribution in [-0.4, -0.2) is 41.1 Å². The zero-order valence-corrected chi connectivity index (χ0v) is 12.7. The SMILES string of the molecule is CCNC(=O)c1ccc2c(c1)CN(C1CCC(=O)NC1=O)C2=O. The maximum absolute atomic E-state index is 12.5. The Morgan fingerprint density at radius 1 is 1.35 bits per heavy atom. The van der Waals surface area contributed by atoms with Gasteiger partial charge in [0.15, 0.2) is 0 Å². The lowest BCUT2D eigenvalue weighted by Gasteiger charge is -2.29. The molecule has 7 heteroatoms. The number of imide groups is 1. The van der Waals surface area contributed by atoms with Gasteiger partial charge in [-0.1, -0.05) is 0 Å². The van der Waals surface area contributed by atoms with E-state index in [1.807, 2.05) is 6.92 Å². The molecule has 1 saturated heterocycles. The molecule has 2 heterocycles. The minimum Gasteiger partial charge on any atom is -0.352 e. The number of hydrogen-bond acceptors (Lipinski definition) is 4. The molecule has 2 aliphatic rings. The first-order valence-electron chi connectivity index (χ1n) is 7.57. The molecule has 1 fully saturated rings. The molecule has 23 heavy (non-hydrogen) atoms. The Morgan fingerprint density at radius 2 is 2.13 bits per heavy atom. The Labute approximate surface area is 133 Å². The summed E-state index contributed by atoms with van der Waals surface area (Å²) in [7, 11) is 0. The second kappa shape index (κ2) is 5.83. The lowest BCUT2D eigenvalue weighted by atomic mass is 10.0. The molecule has 0 radical (unpaired) electrons. The van der Waals surface area contributed by atoms with Crippen LogP contribution in [0, 0.1) is 0 Å². The zero-order chi connectivity index (χ0) is 16.6. The van der Waals surface area contributed by atoms with Gasteiger partial charge >= 0.3 is 0 Å². The largest absolute Gasteiger partial charge is 0.352 e. The summed E-state index contributed by atoms with van der Waals surface area (Å²) >= 11 is 0. The van der Waals surface area contributed by atoms with E-state index in [1.54, 1.807) is 18.2 Å². The predicted molar refractivity (Wildman–Crippen MR) is 80.5 cm³/mol. The fourth-order valence-corrected chi connectivity index (χ4v) is 2.98. The van der Waals surface area contributed by atoms with E-state index in [-0.39, 0.29) is 30.7 Å². The molecule has 0 bridgehead atoms. The third-order valence-corrected chi connectivity index (χ3v) is 4.12. The number of hydrogen-bond donors (Lipinski definition) is 2. The van der Waals surface area contributed by atoms with Crippen LogP contribution < -0.4 is 10.6 Å². The van der Waals surface area contributed by atoms with Crippen molar-refractivity contribution in [2.45, 2.75) is 32.4 Å². The minimum atomic E-state index is -0.638. The van der Waals surface area contributed by atoms with E-state index < -0.39 is 11.9 Å². The normalized spacial score (nSPS) is 20.3. The summed E-state index contributed by atoms with van der Waals surface area (Å²) in [6.45, 7) is 2.63. The van der Waals surface area contributed by atoms with Crippen LogP contribution in [0.3, 0.4) is 0 Å². The van der Waals surface area contributed by atoms with Crippen molar-refractivity contribution < 1.29 is 19.2 Å². The molecule has 2 aliphatic heterocycles. The highest BCUT2D eigenvalue weighted by Crippen LogP contribution is 2.28. The van der Waals surface area contributed by atoms with Crippen LogP contribution in [0.2, 0.25) is 0 Å². The van der Waals surface area contributed by atoms with Gasteiger partial charge in [0.25, 0.3) is 11.8 Å². The first-order valence-corrected chi connectivity index (χ1v) is 7.57. The van der Waals surface area contributed by atoms with Gasteiger partial charge in [-0.3, -0.25) is 24.5 Å². The Kier molecular flexibility index (Phi) is 3.85. The van der Waals surface area contributed by atoms with E-state index in [4.69, 9.17) is 0 Å². The standard InChI is InChI=1S/C16H17N3O4/c1-2-17-14(21)9-3-4-11-10(7-9)8-19(16(11)23)12-5-6-13(20)18-15(12)22/h3-4,7,12H,2,5-6,8H2,1H3,(H,17,21)(H,18,20,22). The fraction of sp³-hybridized carbons (Fsp3) is 0.375. The minimum absolute atomic E-state index is 0.192. The molecule has 7 nitrogen and oxygen atoms in total. The quantitative estimate of drug-likeness (QED) is 0.779. The van der Waals surface area contributed by atoms with Crippen LogP contribution in [0.1, 0.15) is 46.0 Å². The first kappa shape index (κ1) is 15.2. The number of rotatable bonds is 3. The summed E-state index contributed by atoms with van der Waals surface area (Å²) in [6, 6.07) is 4.27. The van der Waals surface area contributed by atoms with Gasteiger partial charge in [-0.15, -0.1) is 0 Å². The van der Waals surface area contributed by atoms with Gasteiger partial charge in [0.1, 0.15) is 6.04 Å². The molecule has 0 aliphatic carbocycles. The molecule has 1 aromatic rings. The summed E-state index contributed by atoms with van der Waals surface area (Å²) in [5.41, 5.74) is 1.72. The Morgan fingerprint density at radius 3 is 2.83 bits per heavy atom. The van der Waals surface area contributed by atoms with Crippen LogP contribution in [0.5, 0.6) is 0 Å². The van der Waals surface area contributed by atoms with E-state index in [0.29, 0.717) is 24.1 Å². The van der Waals surface area contributed by atoms with E-state index in [2.05, 4.69) is 10.6 Å². The van der Waals surface area contributed by atoms with Crippen molar-refractivity contribution in [2.75, 3.05) is 6.54 Å². The maximum Gasteiger partial charge on any atom is 0.255 e. The van der Waals surface area contributed by atoms with Gasteiger partial charge in [0.05, 0.1) is 0 Å². The molecule has 1 aromatic carbocycles. The second-order valence-corrected chi connectivity index (χ2v) is 5.63. The average Bonchev–Trinajstić information content (AvgIpc) is 2.84. The summed E-state index contributed by atoms with van der Waals surface area (Å²) in [4.78, 5) is 49.0. The van der Waals surface area contributed by atoms with Crippen LogP contribution in [0.4, 0.5) is 0 Å². The van der Waals surface area contributed by atoms with Gasteiger partial charge in [-0.25, -0.2) is 0 Å². The topological polar surface area (TPSA) is 95.6 Å². The van der Waals surface area contributed by atoms with Gasteiger partial charge in [-0.05, 0) is 37.1 Å². The summed E-state index contributed by atoms with van der Waals surface area (Å²) < 4.78 is 0. The summed E-state index contributed by atoms with van der Waals surface area (Å²) in [5, 5.41) is 4.98. The maximum atomic E-state index is 12.5. The lowest BCUT2D eigenvalue weighted by Crippen LogP contribution is -2.52. The number of fused-ring (bicyclic) bond motifs is 1. The average molecular weight is 315 g/mol. The van der Waals surface area contributed by atoms with Crippen molar-refractivity contribution in [1.82, 2.24) is 15.5 Å². The third kappa shape index (κ3) is 2.69. The molecule has 120 valence electrons. The van der Waals surface area contributed by atoms with Crippen molar-refractivity contribution in [2.24, 2.45) is 0 Å². The Balaban J connectivity index is 1.83. The molecule has 2 N–H and O–H groups in total. The van der Waals surface area contributed by atoms with Crippen LogP contribution in [-0.2, 0) is 16.1 Å². The smallest absolute Gasteiger partial charge is 0.255 e. The lowest BCUT2D eigenvalue weighted by molar-refractivity contribution is -0.136. The summed E-state index contributed by atoms with van der Waals surface area (Å²) in [6.07, 6.45) is 0.550. The first-order chi connectivity index (χ1) is 11.0. The van der Waals surface area contributed by atoms with Gasteiger partial charge < -0.3 is 10.2 Å². The van der Waals surface area contributed by atoms with E-state index in [1.165, 1.54) is 4.90 Å². The Hall–Kier alpha value is -2.70. The van der Waals surface area contributed by atoms with Crippen molar-refractivity contribution in [3.8, 4) is 0 Å². The molecule has 0 spiro atoms. The number of carbonyl (C=O) groups excluding carboxylic acids is 4. The molecular weight excluding hydrogens is 298 g/mol. The molecule has 0 aromatic heterocycles. The Bertz CT molecular complexity index is 713. The van der Waals surface area contributed by atoms with Crippen molar-refractivity contribution in [3.05, 3.63) is 34.9 Å². The highest BCUT2D eigenvalue weighted by atomic mass is 16.2. The number of nitrogens with zero attached hydrogens (tertiary/aromatic N) is 1. The number of amides is 4. The van der Waals surface area contributed by atoms with Crippen LogP contribution in [0.25, 0.3) is 0 Å². The van der Waals surface area contributed by atoms with Crippen LogP contribution in [0.15, 0.2) is 18.2 Å². The monoisotopic (exact) mass is 315 g/mol. The van der Waals surface area contributed by atoms with Crippen molar-refractivity contribution in [1.29, 1.82) is 0 Å². The second-order valence-electron chi connectivity index (χ2n) is 5.63. The van der Waals surface area contributed by atoms with E-state index in [0.717, 1.165) is 5.56 Å². The molecule has 4 amide bonds.